The van der Waals surface area contributed by atoms with Crippen molar-refractivity contribution in [3.8, 4) is 0 Å². The quantitative estimate of drug-likeness (QED) is 0.312. The number of carbonyl (C=O) groups excluding carboxylic acids is 4. The van der Waals surface area contributed by atoms with Gasteiger partial charge >= 0.3 is 5.97 Å². The van der Waals surface area contributed by atoms with E-state index in [2.05, 4.69) is 21.2 Å². The van der Waals surface area contributed by atoms with Gasteiger partial charge in [-0.2, -0.15) is 0 Å². The molecule has 7 nitrogen and oxygen atoms in total. The summed E-state index contributed by atoms with van der Waals surface area (Å²) in [7, 11) is 0. The normalized spacial score (nSPS) is 23.0. The molecule has 0 radical (unpaired) electrons. The van der Waals surface area contributed by atoms with Crippen LogP contribution in [0.15, 0.2) is 71.2 Å². The smallest absolute Gasteiger partial charge is 0.330 e. The molecule has 3 amide bonds. The zero-order valence-corrected chi connectivity index (χ0v) is 24.0. The number of aryl methyl sites for hydroxylation is 1. The van der Waals surface area contributed by atoms with E-state index in [1.165, 1.54) is 0 Å². The molecule has 2 bridgehead atoms. The average Bonchev–Trinajstić information content (AvgIpc) is 3.20. The Morgan fingerprint density at radius 1 is 0.875 bits per heavy atom. The molecule has 0 unspecified atom stereocenters. The van der Waals surface area contributed by atoms with Crippen LogP contribution in [0.2, 0.25) is 0 Å². The molecule has 1 saturated heterocycles. The molecular weight excluding hydrogens is 572 g/mol. The summed E-state index contributed by atoms with van der Waals surface area (Å²) in [6, 6.07) is 20.2. The first-order chi connectivity index (χ1) is 19.2. The molecule has 40 heavy (non-hydrogen) atoms. The summed E-state index contributed by atoms with van der Waals surface area (Å²) in [6.45, 7) is 4.93. The number of amides is 3. The number of nitrogens with zero attached hydrogens (tertiary/aromatic N) is 1. The van der Waals surface area contributed by atoms with Crippen LogP contribution in [0.3, 0.4) is 0 Å². The number of esters is 1. The second-order valence-electron chi connectivity index (χ2n) is 11.1. The minimum Gasteiger partial charge on any atom is -0.454 e. The van der Waals surface area contributed by atoms with Crippen molar-refractivity contribution in [2.45, 2.75) is 38.6 Å². The summed E-state index contributed by atoms with van der Waals surface area (Å²) in [5.41, 5.74) is 5.79. The molecule has 8 heteroatoms. The lowest BCUT2D eigenvalue weighted by molar-refractivity contribution is -0.162. The Bertz CT molecular complexity index is 1450. The zero-order chi connectivity index (χ0) is 28.3. The Labute approximate surface area is 241 Å². The molecule has 1 fully saturated rings. The highest BCUT2D eigenvalue weighted by Gasteiger charge is 2.63. The number of anilines is 1. The molecule has 4 aliphatic rings. The molecule has 1 heterocycles. The van der Waals surface area contributed by atoms with Gasteiger partial charge in [0.05, 0.1) is 11.8 Å². The topological polar surface area (TPSA) is 92.8 Å². The second-order valence-corrected chi connectivity index (χ2v) is 12.0. The Morgan fingerprint density at radius 3 is 1.82 bits per heavy atom. The van der Waals surface area contributed by atoms with Gasteiger partial charge < -0.3 is 10.1 Å². The summed E-state index contributed by atoms with van der Waals surface area (Å²) in [5, 5.41) is 2.72. The molecule has 3 aromatic carbocycles. The lowest BCUT2D eigenvalue weighted by Gasteiger charge is -2.45. The van der Waals surface area contributed by atoms with Crippen molar-refractivity contribution in [3.63, 3.8) is 0 Å². The Morgan fingerprint density at radius 2 is 1.38 bits per heavy atom. The lowest BCUT2D eigenvalue weighted by atomic mass is 9.55. The Kier molecular flexibility index (Phi) is 6.61. The van der Waals surface area contributed by atoms with Gasteiger partial charge in [0.15, 0.2) is 6.61 Å². The molecule has 3 aliphatic carbocycles. The first kappa shape index (κ1) is 26.4. The van der Waals surface area contributed by atoms with Crippen LogP contribution in [-0.2, 0) is 23.9 Å². The van der Waals surface area contributed by atoms with E-state index < -0.39 is 42.3 Å². The number of benzene rings is 3. The highest BCUT2D eigenvalue weighted by atomic mass is 79.9. The van der Waals surface area contributed by atoms with Crippen molar-refractivity contribution in [1.29, 1.82) is 0 Å². The van der Waals surface area contributed by atoms with E-state index in [1.807, 2.05) is 61.5 Å². The first-order valence-corrected chi connectivity index (χ1v) is 14.3. The summed E-state index contributed by atoms with van der Waals surface area (Å²) < 4.78 is 6.32. The SMILES string of the molecule is Cc1cc(NC(=O)COC(=O)[C@H](C(C)C)N2C(=O)[C@H]3C4c5ccccc5C(c5ccccc54)[C@@H]3C2=O)ccc1Br. The number of hydrogen-bond donors (Lipinski definition) is 1. The van der Waals surface area contributed by atoms with Crippen LogP contribution in [-0.4, -0.2) is 41.2 Å². The molecule has 3 aromatic rings. The maximum atomic E-state index is 14.1. The fourth-order valence-electron chi connectivity index (χ4n) is 6.79. The van der Waals surface area contributed by atoms with Crippen LogP contribution in [0.1, 0.15) is 53.5 Å². The third-order valence-corrected chi connectivity index (χ3v) is 9.31. The van der Waals surface area contributed by atoms with Crippen LogP contribution in [0.25, 0.3) is 0 Å². The molecule has 0 spiro atoms. The largest absolute Gasteiger partial charge is 0.454 e. The van der Waals surface area contributed by atoms with Gasteiger partial charge in [-0.05, 0) is 58.9 Å². The van der Waals surface area contributed by atoms with Gasteiger partial charge in [0, 0.05) is 22.0 Å². The summed E-state index contributed by atoms with van der Waals surface area (Å²) in [4.78, 5) is 55.2. The van der Waals surface area contributed by atoms with E-state index in [4.69, 9.17) is 4.74 Å². The highest BCUT2D eigenvalue weighted by Crippen LogP contribution is 2.61. The standard InChI is InChI=1S/C32H29BrN2O5/c1-16(2)29(32(39)40-15-24(36)34-18-12-13-23(33)17(3)14-18)35-30(37)27-25-19-8-4-5-9-20(19)26(28(27)31(35)38)22-11-7-6-10-21(22)25/h4-14,16,25-29H,15H2,1-3H3,(H,34,36)/t25?,26?,27-,28-,29-/m0/s1. The van der Waals surface area contributed by atoms with E-state index in [1.54, 1.807) is 26.0 Å². The number of likely N-dealkylation sites (tertiary alicyclic amines) is 1. The maximum Gasteiger partial charge on any atom is 0.330 e. The molecule has 0 aromatic heterocycles. The highest BCUT2D eigenvalue weighted by molar-refractivity contribution is 9.10. The fraction of sp³-hybridized carbons (Fsp3) is 0.312. The number of halogens is 1. The summed E-state index contributed by atoms with van der Waals surface area (Å²) in [5.74, 6) is -4.05. The van der Waals surface area contributed by atoms with E-state index in [-0.39, 0.29) is 23.7 Å². The Hall–Kier alpha value is -3.78. The number of nitrogens with one attached hydrogen (secondary N) is 1. The van der Waals surface area contributed by atoms with Crippen LogP contribution in [0.5, 0.6) is 0 Å². The van der Waals surface area contributed by atoms with Gasteiger partial charge in [-0.25, -0.2) is 4.79 Å². The van der Waals surface area contributed by atoms with E-state index in [0.29, 0.717) is 5.69 Å². The molecule has 0 saturated carbocycles. The average molecular weight is 601 g/mol. The second kappa shape index (κ2) is 10.0. The molecule has 1 aliphatic heterocycles. The summed E-state index contributed by atoms with van der Waals surface area (Å²) >= 11 is 3.43. The molecule has 3 atom stereocenters. The van der Waals surface area contributed by atoms with Crippen molar-refractivity contribution in [2.24, 2.45) is 17.8 Å². The molecular formula is C32H29BrN2O5. The third-order valence-electron chi connectivity index (χ3n) is 8.42. The summed E-state index contributed by atoms with van der Waals surface area (Å²) in [6.07, 6.45) is 0. The predicted molar refractivity (Wildman–Crippen MR) is 152 cm³/mol. The van der Waals surface area contributed by atoms with Gasteiger partial charge in [0.1, 0.15) is 6.04 Å². The van der Waals surface area contributed by atoms with Gasteiger partial charge in [0.2, 0.25) is 11.8 Å². The number of carbonyl (C=O) groups is 4. The lowest BCUT2D eigenvalue weighted by Crippen LogP contribution is -2.49. The maximum absolute atomic E-state index is 14.1. The van der Waals surface area contributed by atoms with Crippen LogP contribution >= 0.6 is 15.9 Å². The van der Waals surface area contributed by atoms with Gasteiger partial charge in [0.25, 0.3) is 5.91 Å². The molecule has 1 N–H and O–H groups in total. The molecule has 204 valence electrons. The van der Waals surface area contributed by atoms with E-state index in [0.717, 1.165) is 37.2 Å². The zero-order valence-electron chi connectivity index (χ0n) is 22.4. The number of imide groups is 1. The van der Waals surface area contributed by atoms with Gasteiger partial charge in [-0.1, -0.05) is 78.3 Å². The number of rotatable bonds is 6. The Balaban J connectivity index is 1.25. The van der Waals surface area contributed by atoms with Crippen molar-refractivity contribution in [1.82, 2.24) is 4.90 Å². The van der Waals surface area contributed by atoms with Crippen LogP contribution in [0, 0.1) is 24.7 Å². The van der Waals surface area contributed by atoms with Crippen LogP contribution in [0.4, 0.5) is 5.69 Å². The third kappa shape index (κ3) is 4.08. The minimum absolute atomic E-state index is 0.257. The van der Waals surface area contributed by atoms with E-state index in [9.17, 15) is 19.2 Å². The monoisotopic (exact) mass is 600 g/mol. The van der Waals surface area contributed by atoms with Gasteiger partial charge in [-0.15, -0.1) is 0 Å². The van der Waals surface area contributed by atoms with Crippen LogP contribution < -0.4 is 5.32 Å². The van der Waals surface area contributed by atoms with Crippen molar-refractivity contribution < 1.29 is 23.9 Å². The predicted octanol–water partition coefficient (Wildman–Crippen LogP) is 5.16. The fourth-order valence-corrected chi connectivity index (χ4v) is 7.04. The van der Waals surface area contributed by atoms with Crippen molar-refractivity contribution in [2.75, 3.05) is 11.9 Å². The van der Waals surface area contributed by atoms with Crippen molar-refractivity contribution in [3.05, 3.63) is 99.0 Å². The first-order valence-electron chi connectivity index (χ1n) is 13.5. The van der Waals surface area contributed by atoms with Crippen molar-refractivity contribution >= 4 is 45.3 Å². The number of ether oxygens (including phenoxy) is 1. The number of hydrogen-bond acceptors (Lipinski definition) is 5. The van der Waals surface area contributed by atoms with E-state index >= 15 is 0 Å². The minimum atomic E-state index is -1.13. The molecule has 7 rings (SSSR count). The van der Waals surface area contributed by atoms with Gasteiger partial charge in [-0.3, -0.25) is 19.3 Å².